The molecule has 7 nitrogen and oxygen atoms in total. The van der Waals surface area contributed by atoms with Gasteiger partial charge in [0.05, 0.1) is 5.69 Å². The lowest BCUT2D eigenvalue weighted by molar-refractivity contribution is -0.114. The highest BCUT2D eigenvalue weighted by Crippen LogP contribution is 2.20. The lowest BCUT2D eigenvalue weighted by atomic mass is 10.1. The summed E-state index contributed by atoms with van der Waals surface area (Å²) >= 11 is 3.17. The van der Waals surface area contributed by atoms with E-state index >= 15 is 0 Å². The largest absolute Gasteiger partial charge is 0.464 e. The maximum atomic E-state index is 11.0. The van der Waals surface area contributed by atoms with Crippen LogP contribution in [0, 0.1) is 0 Å². The normalized spacial score (nSPS) is 10.5. The van der Waals surface area contributed by atoms with Crippen molar-refractivity contribution in [3.05, 3.63) is 33.0 Å². The van der Waals surface area contributed by atoms with E-state index in [0.29, 0.717) is 11.7 Å². The van der Waals surface area contributed by atoms with Crippen molar-refractivity contribution in [3.63, 3.8) is 0 Å². The first kappa shape index (κ1) is 18.4. The van der Waals surface area contributed by atoms with Crippen LogP contribution < -0.4 is 16.2 Å². The van der Waals surface area contributed by atoms with Gasteiger partial charge in [-0.1, -0.05) is 0 Å². The minimum atomic E-state index is -1.07. The van der Waals surface area contributed by atoms with Gasteiger partial charge in [-0.25, -0.2) is 15.2 Å². The second-order valence-corrected chi connectivity index (χ2v) is 7.06. The molecule has 0 aliphatic carbocycles. The van der Waals surface area contributed by atoms with E-state index in [9.17, 15) is 9.59 Å². The van der Waals surface area contributed by atoms with Crippen LogP contribution in [0.25, 0.3) is 0 Å². The third-order valence-electron chi connectivity index (χ3n) is 3.13. The Morgan fingerprint density at radius 3 is 2.79 bits per heavy atom. The van der Waals surface area contributed by atoms with Crippen LogP contribution in [-0.4, -0.2) is 28.6 Å². The summed E-state index contributed by atoms with van der Waals surface area (Å²) in [6, 6.07) is 2.19. The summed E-state index contributed by atoms with van der Waals surface area (Å²) in [6.45, 7) is 2.07. The molecule has 0 fully saturated rings. The third kappa shape index (κ3) is 6.65. The van der Waals surface area contributed by atoms with Gasteiger partial charge in [-0.3, -0.25) is 10.2 Å². The zero-order valence-electron chi connectivity index (χ0n) is 13.3. The number of aromatic nitrogens is 1. The molecule has 0 aromatic carbocycles. The van der Waals surface area contributed by atoms with Gasteiger partial charge < -0.3 is 10.4 Å². The number of thiophene rings is 1. The molecule has 0 saturated carbocycles. The molecule has 0 spiro atoms. The second kappa shape index (κ2) is 9.36. The summed E-state index contributed by atoms with van der Waals surface area (Å²) in [5.74, 6) is -0.105. The molecule has 0 aliphatic heterocycles. The molecule has 0 aliphatic rings. The van der Waals surface area contributed by atoms with Gasteiger partial charge in [-0.15, -0.1) is 22.7 Å². The van der Waals surface area contributed by atoms with E-state index < -0.39 is 6.09 Å². The van der Waals surface area contributed by atoms with Crippen molar-refractivity contribution in [2.45, 2.75) is 32.6 Å². The molecule has 0 saturated heterocycles. The van der Waals surface area contributed by atoms with E-state index in [4.69, 9.17) is 5.11 Å². The van der Waals surface area contributed by atoms with Gasteiger partial charge in [-0.2, -0.15) is 0 Å². The lowest BCUT2D eigenvalue weighted by Crippen LogP contribution is -2.36. The minimum absolute atomic E-state index is 0.105. The molecule has 0 unspecified atom stereocenters. The van der Waals surface area contributed by atoms with Crippen LogP contribution in [0.2, 0.25) is 0 Å². The van der Waals surface area contributed by atoms with E-state index in [-0.39, 0.29) is 5.91 Å². The number of carbonyl (C=O) groups excluding carboxylic acids is 1. The monoisotopic (exact) mass is 368 g/mol. The Hall–Kier alpha value is -1.97. The average molecular weight is 368 g/mol. The van der Waals surface area contributed by atoms with E-state index in [1.54, 1.807) is 11.3 Å². The molecule has 2 rings (SSSR count). The van der Waals surface area contributed by atoms with E-state index in [1.165, 1.54) is 28.7 Å². The predicted molar refractivity (Wildman–Crippen MR) is 95.6 cm³/mol. The highest BCUT2D eigenvalue weighted by molar-refractivity contribution is 7.14. The van der Waals surface area contributed by atoms with Gasteiger partial charge in [0.15, 0.2) is 5.13 Å². The number of carboxylic acid groups (broad SMARTS) is 1. The second-order valence-electron chi connectivity index (χ2n) is 5.21. The van der Waals surface area contributed by atoms with Gasteiger partial charge in [0.1, 0.15) is 0 Å². The molecular formula is C15H20N4O3S2. The van der Waals surface area contributed by atoms with E-state index in [1.807, 2.05) is 5.38 Å². The third-order valence-corrected chi connectivity index (χ3v) is 4.98. The SMILES string of the molecule is CC(=O)Nc1nc(CCc2cc(CCCNNC(=O)O)cs2)cs1. The maximum absolute atomic E-state index is 11.0. The number of aryl methyl sites for hydroxylation is 3. The number of carbonyl (C=O) groups is 2. The summed E-state index contributed by atoms with van der Waals surface area (Å²) in [7, 11) is 0. The Balaban J connectivity index is 1.70. The van der Waals surface area contributed by atoms with Gasteiger partial charge in [-0.05, 0) is 42.7 Å². The Morgan fingerprint density at radius 1 is 1.21 bits per heavy atom. The van der Waals surface area contributed by atoms with Crippen molar-refractivity contribution in [2.75, 3.05) is 11.9 Å². The fraction of sp³-hybridized carbons (Fsp3) is 0.400. The number of rotatable bonds is 9. The number of anilines is 1. The van der Waals surface area contributed by atoms with Crippen molar-refractivity contribution >= 4 is 39.8 Å². The van der Waals surface area contributed by atoms with Gasteiger partial charge >= 0.3 is 6.09 Å². The van der Waals surface area contributed by atoms with Crippen molar-refractivity contribution in [1.82, 2.24) is 15.8 Å². The van der Waals surface area contributed by atoms with E-state index in [0.717, 1.165) is 31.4 Å². The smallest absolute Gasteiger partial charge is 0.419 e. The first-order valence-corrected chi connectivity index (χ1v) is 9.29. The molecule has 4 N–H and O–H groups in total. The first-order valence-electron chi connectivity index (χ1n) is 7.53. The highest BCUT2D eigenvalue weighted by atomic mass is 32.1. The number of nitrogens with zero attached hydrogens (tertiary/aromatic N) is 1. The molecule has 0 atom stereocenters. The molecule has 9 heteroatoms. The maximum Gasteiger partial charge on any atom is 0.419 e. The van der Waals surface area contributed by atoms with Crippen molar-refractivity contribution in [2.24, 2.45) is 0 Å². The Bertz CT molecular complexity index is 684. The molecule has 130 valence electrons. The molecular weight excluding hydrogens is 348 g/mol. The first-order chi connectivity index (χ1) is 11.5. The van der Waals surface area contributed by atoms with Gasteiger partial charge in [0.2, 0.25) is 5.91 Å². The van der Waals surface area contributed by atoms with E-state index in [2.05, 4.69) is 32.6 Å². The standard InChI is InChI=1S/C15H20N4O3S2/c1-10(20)17-14-18-12(9-24-14)4-5-13-7-11(8-23-13)3-2-6-16-19-15(21)22/h7-9,16,19H,2-6H2,1H3,(H,21,22)(H,17,18,20). The summed E-state index contributed by atoms with van der Waals surface area (Å²) in [6.07, 6.45) is 2.47. The summed E-state index contributed by atoms with van der Waals surface area (Å²) in [5, 5.41) is 15.9. The summed E-state index contributed by atoms with van der Waals surface area (Å²) < 4.78 is 0. The van der Waals surface area contributed by atoms with Crippen LogP contribution in [0.4, 0.5) is 9.93 Å². The fourth-order valence-corrected chi connectivity index (χ4v) is 3.81. The molecule has 0 bridgehead atoms. The number of thiazole rings is 1. The number of hydrazine groups is 1. The Morgan fingerprint density at radius 2 is 2.04 bits per heavy atom. The quantitative estimate of drug-likeness (QED) is 0.402. The zero-order chi connectivity index (χ0) is 17.4. The van der Waals surface area contributed by atoms with Crippen LogP contribution in [0.15, 0.2) is 16.8 Å². The predicted octanol–water partition coefficient (Wildman–Crippen LogP) is 2.65. The van der Waals surface area contributed by atoms with Crippen molar-refractivity contribution < 1.29 is 14.7 Å². The molecule has 2 amide bonds. The lowest BCUT2D eigenvalue weighted by Gasteiger charge is -2.02. The minimum Gasteiger partial charge on any atom is -0.464 e. The van der Waals surface area contributed by atoms with Gasteiger partial charge in [0, 0.05) is 23.7 Å². The van der Waals surface area contributed by atoms with Crippen molar-refractivity contribution in [3.8, 4) is 0 Å². The van der Waals surface area contributed by atoms with Crippen LogP contribution in [0.3, 0.4) is 0 Å². The molecule has 24 heavy (non-hydrogen) atoms. The molecule has 0 radical (unpaired) electrons. The van der Waals surface area contributed by atoms with Crippen LogP contribution >= 0.6 is 22.7 Å². The molecule has 2 heterocycles. The Kier molecular flexibility index (Phi) is 7.16. The van der Waals surface area contributed by atoms with Crippen LogP contribution in [0.5, 0.6) is 0 Å². The number of nitrogens with one attached hydrogen (secondary N) is 3. The number of hydrogen-bond acceptors (Lipinski definition) is 6. The fourth-order valence-electron chi connectivity index (χ4n) is 2.09. The summed E-state index contributed by atoms with van der Waals surface area (Å²) in [4.78, 5) is 27.0. The number of hydrogen-bond donors (Lipinski definition) is 4. The topological polar surface area (TPSA) is 103 Å². The molecule has 2 aromatic heterocycles. The summed E-state index contributed by atoms with van der Waals surface area (Å²) in [5.41, 5.74) is 7.02. The highest BCUT2D eigenvalue weighted by Gasteiger charge is 2.06. The van der Waals surface area contributed by atoms with Crippen molar-refractivity contribution in [1.29, 1.82) is 0 Å². The number of amides is 2. The average Bonchev–Trinajstić information content (AvgIpc) is 3.13. The van der Waals surface area contributed by atoms with Crippen LogP contribution in [0.1, 0.15) is 29.5 Å². The zero-order valence-corrected chi connectivity index (χ0v) is 14.9. The Labute approximate surface area is 148 Å². The van der Waals surface area contributed by atoms with Crippen LogP contribution in [-0.2, 0) is 24.1 Å². The molecule has 2 aromatic rings. The van der Waals surface area contributed by atoms with Gasteiger partial charge in [0.25, 0.3) is 0 Å².